The van der Waals surface area contributed by atoms with Gasteiger partial charge in [0, 0.05) is 38.0 Å². The van der Waals surface area contributed by atoms with Crippen LogP contribution >= 0.6 is 11.6 Å². The molecule has 4 heteroatoms. The number of alkyl halides is 1. The lowest BCUT2D eigenvalue weighted by Crippen LogP contribution is -2.40. The standard InChI is InChI=1S/C15H25ClN2O/c16-4-7-17-5-1-6-18(9-8-17)15(19)14-11-12-2-3-13(14)10-12/h12-14H,1-11H2. The van der Waals surface area contributed by atoms with Crippen LogP contribution in [0, 0.1) is 17.8 Å². The molecule has 2 saturated carbocycles. The number of fused-ring (bicyclic) bond motifs is 2. The van der Waals surface area contributed by atoms with Gasteiger partial charge in [-0.05, 0) is 44.1 Å². The fourth-order valence-corrected chi connectivity index (χ4v) is 4.56. The Morgan fingerprint density at radius 1 is 1.11 bits per heavy atom. The molecule has 2 aliphatic carbocycles. The summed E-state index contributed by atoms with van der Waals surface area (Å²) >= 11 is 5.81. The van der Waals surface area contributed by atoms with Crippen molar-refractivity contribution < 1.29 is 4.79 Å². The van der Waals surface area contributed by atoms with E-state index >= 15 is 0 Å². The molecule has 1 saturated heterocycles. The van der Waals surface area contributed by atoms with Gasteiger partial charge in [0.25, 0.3) is 0 Å². The van der Waals surface area contributed by atoms with Crippen molar-refractivity contribution in [1.29, 1.82) is 0 Å². The molecule has 0 radical (unpaired) electrons. The van der Waals surface area contributed by atoms with Crippen molar-refractivity contribution in [3.8, 4) is 0 Å². The Kier molecular flexibility index (Phi) is 4.33. The summed E-state index contributed by atoms with van der Waals surface area (Å²) in [5, 5.41) is 0. The van der Waals surface area contributed by atoms with Crippen molar-refractivity contribution >= 4 is 17.5 Å². The third-order valence-corrected chi connectivity index (χ3v) is 5.53. The fraction of sp³-hybridized carbons (Fsp3) is 0.933. The van der Waals surface area contributed by atoms with Crippen LogP contribution in [0.15, 0.2) is 0 Å². The highest BCUT2D eigenvalue weighted by Crippen LogP contribution is 2.48. The van der Waals surface area contributed by atoms with Gasteiger partial charge in [-0.1, -0.05) is 6.42 Å². The Morgan fingerprint density at radius 2 is 2.00 bits per heavy atom. The van der Waals surface area contributed by atoms with Crippen molar-refractivity contribution in [2.45, 2.75) is 32.1 Å². The highest BCUT2D eigenvalue weighted by Gasteiger charge is 2.44. The van der Waals surface area contributed by atoms with Crippen LogP contribution in [0.4, 0.5) is 0 Å². The topological polar surface area (TPSA) is 23.6 Å². The van der Waals surface area contributed by atoms with Crippen molar-refractivity contribution in [3.63, 3.8) is 0 Å². The van der Waals surface area contributed by atoms with Crippen LogP contribution in [0.2, 0.25) is 0 Å². The number of nitrogens with zero attached hydrogens (tertiary/aromatic N) is 2. The molecular formula is C15H25ClN2O. The minimum Gasteiger partial charge on any atom is -0.341 e. The summed E-state index contributed by atoms with van der Waals surface area (Å²) in [6.45, 7) is 4.90. The molecule has 0 aromatic carbocycles. The van der Waals surface area contributed by atoms with E-state index in [-0.39, 0.29) is 0 Å². The zero-order valence-corrected chi connectivity index (χ0v) is 12.4. The molecular weight excluding hydrogens is 260 g/mol. The normalized spacial score (nSPS) is 35.6. The van der Waals surface area contributed by atoms with Crippen LogP contribution in [0.3, 0.4) is 0 Å². The number of hydrogen-bond donors (Lipinski definition) is 0. The van der Waals surface area contributed by atoms with E-state index in [1.807, 2.05) is 0 Å². The van der Waals surface area contributed by atoms with Gasteiger partial charge in [-0.25, -0.2) is 0 Å². The number of rotatable bonds is 3. The van der Waals surface area contributed by atoms with Crippen molar-refractivity contribution in [2.24, 2.45) is 17.8 Å². The second kappa shape index (κ2) is 6.01. The first kappa shape index (κ1) is 13.7. The van der Waals surface area contributed by atoms with Gasteiger partial charge in [-0.3, -0.25) is 4.79 Å². The van der Waals surface area contributed by atoms with Gasteiger partial charge < -0.3 is 9.80 Å². The van der Waals surface area contributed by atoms with Crippen molar-refractivity contribution in [3.05, 3.63) is 0 Å². The Labute approximate surface area is 121 Å². The molecule has 1 aliphatic heterocycles. The Morgan fingerprint density at radius 3 is 2.68 bits per heavy atom. The molecule has 3 rings (SSSR count). The lowest BCUT2D eigenvalue weighted by Gasteiger charge is -2.28. The highest BCUT2D eigenvalue weighted by atomic mass is 35.5. The van der Waals surface area contributed by atoms with Crippen LogP contribution in [-0.4, -0.2) is 54.3 Å². The zero-order valence-electron chi connectivity index (χ0n) is 11.7. The summed E-state index contributed by atoms with van der Waals surface area (Å²) < 4.78 is 0. The number of halogens is 1. The lowest BCUT2D eigenvalue weighted by molar-refractivity contribution is -0.137. The van der Waals surface area contributed by atoms with E-state index in [1.54, 1.807) is 0 Å². The molecule has 1 heterocycles. The van der Waals surface area contributed by atoms with Gasteiger partial charge in [0.15, 0.2) is 0 Å². The molecule has 3 fully saturated rings. The molecule has 108 valence electrons. The van der Waals surface area contributed by atoms with E-state index in [0.29, 0.717) is 23.6 Å². The van der Waals surface area contributed by atoms with Gasteiger partial charge in [-0.15, -0.1) is 11.6 Å². The maximum absolute atomic E-state index is 12.7. The highest BCUT2D eigenvalue weighted by molar-refractivity contribution is 6.18. The van der Waals surface area contributed by atoms with Crippen LogP contribution in [0.25, 0.3) is 0 Å². The molecule has 3 atom stereocenters. The summed E-state index contributed by atoms with van der Waals surface area (Å²) in [6.07, 6.45) is 6.27. The van der Waals surface area contributed by atoms with Crippen molar-refractivity contribution in [2.75, 3.05) is 38.6 Å². The van der Waals surface area contributed by atoms with Crippen LogP contribution in [-0.2, 0) is 4.79 Å². The van der Waals surface area contributed by atoms with E-state index in [9.17, 15) is 4.79 Å². The molecule has 0 aromatic heterocycles. The third kappa shape index (κ3) is 2.92. The van der Waals surface area contributed by atoms with Crippen molar-refractivity contribution in [1.82, 2.24) is 9.80 Å². The molecule has 3 unspecified atom stereocenters. The third-order valence-electron chi connectivity index (χ3n) is 5.36. The smallest absolute Gasteiger partial charge is 0.226 e. The number of carbonyl (C=O) groups excluding carboxylic acids is 1. The van der Waals surface area contributed by atoms with E-state index in [4.69, 9.17) is 11.6 Å². The molecule has 1 amide bonds. The number of hydrogen-bond acceptors (Lipinski definition) is 2. The largest absolute Gasteiger partial charge is 0.341 e. The summed E-state index contributed by atoms with van der Waals surface area (Å²) in [5.41, 5.74) is 0. The van der Waals surface area contributed by atoms with Gasteiger partial charge in [0.1, 0.15) is 0 Å². The van der Waals surface area contributed by atoms with E-state index in [0.717, 1.165) is 45.1 Å². The summed E-state index contributed by atoms with van der Waals surface area (Å²) in [6, 6.07) is 0. The maximum Gasteiger partial charge on any atom is 0.226 e. The molecule has 3 nitrogen and oxygen atoms in total. The average Bonchev–Trinajstić information content (AvgIpc) is 2.97. The average molecular weight is 285 g/mol. The fourth-order valence-electron chi connectivity index (χ4n) is 4.32. The Bertz CT molecular complexity index is 336. The molecule has 0 aromatic rings. The van der Waals surface area contributed by atoms with Gasteiger partial charge in [0.2, 0.25) is 5.91 Å². The van der Waals surface area contributed by atoms with E-state index in [2.05, 4.69) is 9.80 Å². The molecule has 2 bridgehead atoms. The van der Waals surface area contributed by atoms with Gasteiger partial charge in [-0.2, -0.15) is 0 Å². The monoisotopic (exact) mass is 284 g/mol. The minimum atomic E-state index is 0.360. The van der Waals surface area contributed by atoms with Crippen LogP contribution in [0.1, 0.15) is 32.1 Å². The number of carbonyl (C=O) groups is 1. The van der Waals surface area contributed by atoms with Gasteiger partial charge in [0.05, 0.1) is 0 Å². The van der Waals surface area contributed by atoms with E-state index in [1.165, 1.54) is 25.7 Å². The second-order valence-corrected chi connectivity index (χ2v) is 6.87. The summed E-state index contributed by atoms with van der Waals surface area (Å²) in [7, 11) is 0. The molecule has 0 N–H and O–H groups in total. The minimum absolute atomic E-state index is 0.360. The lowest BCUT2D eigenvalue weighted by atomic mass is 9.87. The van der Waals surface area contributed by atoms with Crippen LogP contribution < -0.4 is 0 Å². The summed E-state index contributed by atoms with van der Waals surface area (Å²) in [5.74, 6) is 3.08. The number of amides is 1. The Hall–Kier alpha value is -0.280. The SMILES string of the molecule is O=C(C1CC2CCC1C2)N1CCCN(CCCl)CC1. The van der Waals surface area contributed by atoms with Crippen LogP contribution in [0.5, 0.6) is 0 Å². The summed E-state index contributed by atoms with van der Waals surface area (Å²) in [4.78, 5) is 17.2. The maximum atomic E-state index is 12.7. The molecule has 3 aliphatic rings. The first-order valence-corrected chi connectivity index (χ1v) is 8.38. The quantitative estimate of drug-likeness (QED) is 0.742. The predicted molar refractivity (Wildman–Crippen MR) is 77.3 cm³/mol. The van der Waals surface area contributed by atoms with E-state index < -0.39 is 0 Å². The Balaban J connectivity index is 1.55. The first-order chi connectivity index (χ1) is 9.28. The first-order valence-electron chi connectivity index (χ1n) is 7.85. The molecule has 0 spiro atoms. The second-order valence-electron chi connectivity index (χ2n) is 6.49. The predicted octanol–water partition coefficient (Wildman–Crippen LogP) is 2.20. The zero-order chi connectivity index (χ0) is 13.2. The van der Waals surface area contributed by atoms with Gasteiger partial charge >= 0.3 is 0 Å². The molecule has 19 heavy (non-hydrogen) atoms.